The van der Waals surface area contributed by atoms with Crippen LogP contribution < -0.4 is 11.1 Å². The first kappa shape index (κ1) is 12.8. The van der Waals surface area contributed by atoms with Crippen LogP contribution in [0.3, 0.4) is 0 Å². The van der Waals surface area contributed by atoms with Crippen molar-refractivity contribution in [3.05, 3.63) is 28.6 Å². The van der Waals surface area contributed by atoms with Gasteiger partial charge in [0, 0.05) is 7.05 Å². The van der Waals surface area contributed by atoms with Crippen molar-refractivity contribution in [1.82, 2.24) is 5.32 Å². The lowest BCUT2D eigenvalue weighted by Gasteiger charge is -2.10. The second kappa shape index (κ2) is 4.32. The summed E-state index contributed by atoms with van der Waals surface area (Å²) in [6, 6.07) is 0. The van der Waals surface area contributed by atoms with Crippen LogP contribution in [0.5, 0.6) is 5.75 Å². The number of hydrogen-bond acceptors (Lipinski definition) is 3. The molecule has 1 aromatic rings. The average molecular weight is 248 g/mol. The first-order valence-electron chi connectivity index (χ1n) is 4.24. The van der Waals surface area contributed by atoms with E-state index in [9.17, 15) is 22.8 Å². The molecular formula is C9H7F3N2O3. The fourth-order valence-electron chi connectivity index (χ4n) is 1.22. The molecule has 1 rings (SSSR count). The number of benzene rings is 1. The van der Waals surface area contributed by atoms with Crippen molar-refractivity contribution in [3.8, 4) is 5.75 Å². The summed E-state index contributed by atoms with van der Waals surface area (Å²) in [5, 5.41) is 10.8. The van der Waals surface area contributed by atoms with Crippen molar-refractivity contribution in [2.75, 3.05) is 7.05 Å². The third-order valence-corrected chi connectivity index (χ3v) is 2.00. The number of halogens is 3. The number of hydrogen-bond donors (Lipinski definition) is 3. The number of phenols is 1. The van der Waals surface area contributed by atoms with Crippen molar-refractivity contribution in [3.63, 3.8) is 0 Å². The summed E-state index contributed by atoms with van der Waals surface area (Å²) in [4.78, 5) is 22.1. The summed E-state index contributed by atoms with van der Waals surface area (Å²) >= 11 is 0. The van der Waals surface area contributed by atoms with Crippen LogP contribution in [0.4, 0.5) is 13.2 Å². The Morgan fingerprint density at radius 3 is 2.06 bits per heavy atom. The lowest BCUT2D eigenvalue weighted by atomic mass is 10.0. The van der Waals surface area contributed by atoms with E-state index in [0.29, 0.717) is 0 Å². The SMILES string of the molecule is CNC(=O)c1c(F)c(F)c(O)c(F)c1C(N)=O. The number of nitrogens with one attached hydrogen (secondary N) is 1. The maximum Gasteiger partial charge on any atom is 0.255 e. The molecule has 0 radical (unpaired) electrons. The predicted octanol–water partition coefficient (Wildman–Crippen LogP) is 0.268. The van der Waals surface area contributed by atoms with Crippen LogP contribution in [-0.2, 0) is 0 Å². The molecule has 8 heteroatoms. The molecule has 0 fully saturated rings. The zero-order valence-electron chi connectivity index (χ0n) is 8.47. The molecule has 0 bridgehead atoms. The predicted molar refractivity (Wildman–Crippen MR) is 49.9 cm³/mol. The van der Waals surface area contributed by atoms with Crippen LogP contribution in [0.2, 0.25) is 0 Å². The Balaban J connectivity index is 3.78. The zero-order valence-corrected chi connectivity index (χ0v) is 8.47. The van der Waals surface area contributed by atoms with Gasteiger partial charge in [0.25, 0.3) is 11.8 Å². The van der Waals surface area contributed by atoms with Crippen LogP contribution in [0.25, 0.3) is 0 Å². The molecular weight excluding hydrogens is 241 g/mol. The molecule has 0 aliphatic heterocycles. The maximum absolute atomic E-state index is 13.3. The monoisotopic (exact) mass is 248 g/mol. The lowest BCUT2D eigenvalue weighted by Crippen LogP contribution is -2.27. The Hall–Kier alpha value is -2.25. The van der Waals surface area contributed by atoms with Crippen LogP contribution in [0, 0.1) is 17.5 Å². The van der Waals surface area contributed by atoms with Gasteiger partial charge in [-0.05, 0) is 0 Å². The number of carbonyl (C=O) groups is 2. The van der Waals surface area contributed by atoms with Crippen molar-refractivity contribution in [1.29, 1.82) is 0 Å². The highest BCUT2D eigenvalue weighted by molar-refractivity contribution is 6.07. The van der Waals surface area contributed by atoms with E-state index in [1.54, 1.807) is 0 Å². The fourth-order valence-corrected chi connectivity index (χ4v) is 1.22. The van der Waals surface area contributed by atoms with Gasteiger partial charge in [0.2, 0.25) is 5.82 Å². The van der Waals surface area contributed by atoms with Crippen molar-refractivity contribution < 1.29 is 27.9 Å². The van der Waals surface area contributed by atoms with E-state index >= 15 is 0 Å². The first-order chi connectivity index (χ1) is 7.82. The number of rotatable bonds is 2. The molecule has 1 aromatic carbocycles. The molecule has 2 amide bonds. The minimum atomic E-state index is -1.97. The Labute approximate surface area is 93.0 Å². The fraction of sp³-hybridized carbons (Fsp3) is 0.111. The van der Waals surface area contributed by atoms with Gasteiger partial charge in [-0.2, -0.15) is 4.39 Å². The largest absolute Gasteiger partial charge is 0.503 e. The third kappa shape index (κ3) is 1.88. The van der Waals surface area contributed by atoms with Crippen LogP contribution in [0.1, 0.15) is 20.7 Å². The second-order valence-electron chi connectivity index (χ2n) is 2.98. The van der Waals surface area contributed by atoms with Gasteiger partial charge >= 0.3 is 0 Å². The molecule has 0 saturated heterocycles. The van der Waals surface area contributed by atoms with Gasteiger partial charge in [-0.1, -0.05) is 0 Å². The highest BCUT2D eigenvalue weighted by Gasteiger charge is 2.30. The zero-order chi connectivity index (χ0) is 13.3. The Morgan fingerprint density at radius 1 is 1.12 bits per heavy atom. The van der Waals surface area contributed by atoms with Gasteiger partial charge in [0.1, 0.15) is 0 Å². The third-order valence-electron chi connectivity index (χ3n) is 2.00. The highest BCUT2D eigenvalue weighted by atomic mass is 19.2. The summed E-state index contributed by atoms with van der Waals surface area (Å²) < 4.78 is 39.6. The van der Waals surface area contributed by atoms with Crippen molar-refractivity contribution in [2.45, 2.75) is 0 Å². The van der Waals surface area contributed by atoms with Gasteiger partial charge in [0.15, 0.2) is 17.4 Å². The number of carbonyl (C=O) groups excluding carboxylic acids is 2. The molecule has 0 aromatic heterocycles. The number of phenolic OH excluding ortho intramolecular Hbond substituents is 1. The van der Waals surface area contributed by atoms with E-state index < -0.39 is 46.1 Å². The van der Waals surface area contributed by atoms with E-state index in [0.717, 1.165) is 7.05 Å². The van der Waals surface area contributed by atoms with Crippen LogP contribution in [-0.4, -0.2) is 24.0 Å². The molecule has 5 nitrogen and oxygen atoms in total. The van der Waals surface area contributed by atoms with Crippen LogP contribution in [0.15, 0.2) is 0 Å². The maximum atomic E-state index is 13.3. The topological polar surface area (TPSA) is 92.4 Å². The molecule has 0 heterocycles. The van der Waals surface area contributed by atoms with Gasteiger partial charge in [-0.25, -0.2) is 8.78 Å². The van der Waals surface area contributed by atoms with Gasteiger partial charge < -0.3 is 16.2 Å². The van der Waals surface area contributed by atoms with E-state index in [2.05, 4.69) is 0 Å². The second-order valence-corrected chi connectivity index (χ2v) is 2.98. The average Bonchev–Trinajstić information content (AvgIpc) is 2.29. The van der Waals surface area contributed by atoms with E-state index in [4.69, 9.17) is 10.8 Å². The van der Waals surface area contributed by atoms with Gasteiger partial charge in [-0.3, -0.25) is 9.59 Å². The van der Waals surface area contributed by atoms with E-state index in [-0.39, 0.29) is 0 Å². The minimum absolute atomic E-state index is 1.06. The number of primary amides is 1. The highest BCUT2D eigenvalue weighted by Crippen LogP contribution is 2.29. The smallest absolute Gasteiger partial charge is 0.255 e. The quantitative estimate of drug-likeness (QED) is 0.656. The molecule has 4 N–H and O–H groups in total. The standard InChI is InChI=1S/C9H7F3N2O3/c1-14-9(17)3-2(8(13)16)5(11)7(15)6(12)4(3)10/h15H,1H3,(H2,13,16)(H,14,17). The molecule has 17 heavy (non-hydrogen) atoms. The summed E-state index contributed by atoms with van der Waals surface area (Å²) in [5.74, 6) is -10.0. The molecule has 0 atom stereocenters. The normalized spacial score (nSPS) is 10.1. The van der Waals surface area contributed by atoms with Crippen LogP contribution >= 0.6 is 0 Å². The summed E-state index contributed by atoms with van der Waals surface area (Å²) in [5.41, 5.74) is 2.34. The molecule has 0 saturated carbocycles. The number of nitrogens with two attached hydrogens (primary N) is 1. The summed E-state index contributed by atoms with van der Waals surface area (Å²) in [7, 11) is 1.06. The molecule has 92 valence electrons. The van der Waals surface area contributed by atoms with E-state index in [1.807, 2.05) is 5.32 Å². The summed E-state index contributed by atoms with van der Waals surface area (Å²) in [6.45, 7) is 0. The number of amides is 2. The lowest BCUT2D eigenvalue weighted by molar-refractivity contribution is 0.0934. The first-order valence-corrected chi connectivity index (χ1v) is 4.24. The minimum Gasteiger partial charge on any atom is -0.503 e. The Bertz CT molecular complexity index is 517. The number of aromatic hydroxyl groups is 1. The molecule has 0 aliphatic carbocycles. The van der Waals surface area contributed by atoms with Gasteiger partial charge in [0.05, 0.1) is 11.1 Å². The van der Waals surface area contributed by atoms with Crippen molar-refractivity contribution in [2.24, 2.45) is 5.73 Å². The Morgan fingerprint density at radius 2 is 1.65 bits per heavy atom. The van der Waals surface area contributed by atoms with Gasteiger partial charge in [-0.15, -0.1) is 0 Å². The molecule has 0 spiro atoms. The van der Waals surface area contributed by atoms with E-state index in [1.165, 1.54) is 0 Å². The molecule has 0 unspecified atom stereocenters. The summed E-state index contributed by atoms with van der Waals surface area (Å²) in [6.07, 6.45) is 0. The molecule has 0 aliphatic rings. The Kier molecular flexibility index (Phi) is 3.26. The van der Waals surface area contributed by atoms with Crippen molar-refractivity contribution >= 4 is 11.8 Å².